The van der Waals surface area contributed by atoms with Crippen molar-refractivity contribution in [3.05, 3.63) is 0 Å². The highest BCUT2D eigenvalue weighted by atomic mass is 35.7. The Morgan fingerprint density at radius 1 is 1.00 bits per heavy atom. The molecule has 0 heterocycles. The van der Waals surface area contributed by atoms with Crippen LogP contribution in [0.25, 0.3) is 0 Å². The fourth-order valence-corrected chi connectivity index (χ4v) is 1.63. The largest absolute Gasteiger partial charge is 0.253 e. The summed E-state index contributed by atoms with van der Waals surface area (Å²) >= 11 is 0. The molecule has 0 aromatic rings. The van der Waals surface area contributed by atoms with Gasteiger partial charge in [0, 0.05) is 0 Å². The molecule has 0 aliphatic rings. The van der Waals surface area contributed by atoms with Crippen LogP contribution in [0.5, 0.6) is 0 Å². The quantitative estimate of drug-likeness (QED) is 0.426. The third-order valence-electron chi connectivity index (χ3n) is 1.50. The zero-order chi connectivity index (χ0) is 12.8. The van der Waals surface area contributed by atoms with Gasteiger partial charge < -0.3 is 0 Å². The van der Waals surface area contributed by atoms with Crippen molar-refractivity contribution in [1.29, 1.82) is 0 Å². The Kier molecular flexibility index (Phi) is 6.98. The lowest BCUT2D eigenvalue weighted by atomic mass is 10.2. The van der Waals surface area contributed by atoms with E-state index in [0.717, 1.165) is 0 Å². The van der Waals surface area contributed by atoms with E-state index in [2.05, 4.69) is 8.58 Å². The lowest BCUT2D eigenvalue weighted by Gasteiger charge is -2.18. The second-order valence-corrected chi connectivity index (χ2v) is 4.79. The maximum atomic E-state index is 10.2. The van der Waals surface area contributed by atoms with E-state index >= 15 is 0 Å². The normalized spacial score (nSPS) is 15.2. The van der Waals surface area contributed by atoms with Crippen LogP contribution in [0.15, 0.2) is 0 Å². The van der Waals surface area contributed by atoms with Gasteiger partial charge in [-0.2, -0.15) is 28.0 Å². The molecule has 10 heteroatoms. The Hall–Kier alpha value is 0.260. The Bertz CT molecular complexity index is 188. The number of halogens is 2. The van der Waals surface area contributed by atoms with Gasteiger partial charge >= 0.3 is 0 Å². The van der Waals surface area contributed by atoms with Crippen molar-refractivity contribution in [2.45, 2.75) is 32.3 Å². The number of hydrogen-bond donors (Lipinski definition) is 0. The lowest BCUT2D eigenvalue weighted by molar-refractivity contribution is -1.92. The van der Waals surface area contributed by atoms with Gasteiger partial charge in [0.05, 0.1) is 29.1 Å². The number of unbranched alkanes of at least 4 members (excludes halogenated alkanes) is 1. The van der Waals surface area contributed by atoms with E-state index in [1.165, 1.54) is 0 Å². The summed E-state index contributed by atoms with van der Waals surface area (Å²) in [5.41, 5.74) is 0. The van der Waals surface area contributed by atoms with E-state index in [1.807, 2.05) is 0 Å². The summed E-state index contributed by atoms with van der Waals surface area (Å²) in [7, 11) is -9.34. The third kappa shape index (κ3) is 10.8. The summed E-state index contributed by atoms with van der Waals surface area (Å²) in [5, 5.41) is 0. The predicted molar refractivity (Wildman–Crippen MR) is 30.3 cm³/mol. The summed E-state index contributed by atoms with van der Waals surface area (Å²) in [5.74, 6) is 0. The summed E-state index contributed by atoms with van der Waals surface area (Å²) < 4.78 is 68.7. The molecule has 0 aromatic heterocycles. The van der Waals surface area contributed by atoms with Crippen LogP contribution < -0.4 is 28.0 Å². The first-order valence-electron chi connectivity index (χ1n) is 4.28. The monoisotopic (exact) mass is 282 g/mol. The van der Waals surface area contributed by atoms with Gasteiger partial charge in [-0.05, 0) is 6.42 Å². The average molecular weight is 283 g/mol. The van der Waals surface area contributed by atoms with Gasteiger partial charge in [0.25, 0.3) is 6.10 Å². The van der Waals surface area contributed by atoms with Gasteiger partial charge in [0.1, 0.15) is 0 Å². The van der Waals surface area contributed by atoms with Crippen LogP contribution >= 0.6 is 0 Å². The predicted octanol–water partition coefficient (Wildman–Crippen LogP) is -5.63. The van der Waals surface area contributed by atoms with Crippen molar-refractivity contribution < 1.29 is 57.0 Å². The smallest absolute Gasteiger partial charge is 0.183 e. The minimum Gasteiger partial charge on any atom is -0.183 e. The molecule has 0 radical (unpaired) electrons. The SMILES string of the molecule is CCCCC(CO[Cl+3]([O-])([O-])[O-])O[Cl+3]([O-])([O-])[O-]. The topological polar surface area (TPSA) is 157 Å². The van der Waals surface area contributed by atoms with Gasteiger partial charge in [-0.15, -0.1) is 0 Å². The Morgan fingerprint density at radius 3 is 1.94 bits per heavy atom. The lowest BCUT2D eigenvalue weighted by Crippen LogP contribution is -2.64. The first-order valence-corrected chi connectivity index (χ1v) is 6.75. The molecule has 0 aliphatic heterocycles. The summed E-state index contributed by atoms with van der Waals surface area (Å²) in [6, 6.07) is 0. The first kappa shape index (κ1) is 16.3. The molecule has 0 amide bonds. The van der Waals surface area contributed by atoms with E-state index in [-0.39, 0.29) is 6.42 Å². The van der Waals surface area contributed by atoms with Crippen molar-refractivity contribution in [3.63, 3.8) is 0 Å². The zero-order valence-corrected chi connectivity index (χ0v) is 9.94. The first-order chi connectivity index (χ1) is 7.14. The Labute approximate surface area is 96.5 Å². The fourth-order valence-electron chi connectivity index (χ4n) is 0.887. The van der Waals surface area contributed by atoms with Crippen LogP contribution in [0.1, 0.15) is 26.2 Å². The van der Waals surface area contributed by atoms with Gasteiger partial charge in [-0.3, -0.25) is 0 Å². The molecule has 0 N–H and O–H groups in total. The van der Waals surface area contributed by atoms with Gasteiger partial charge in [0.2, 0.25) is 6.61 Å². The van der Waals surface area contributed by atoms with Crippen LogP contribution in [0.3, 0.4) is 0 Å². The molecule has 0 spiro atoms. The molecule has 0 bridgehead atoms. The molecule has 1 atom stereocenters. The van der Waals surface area contributed by atoms with Gasteiger partial charge in [-0.1, -0.05) is 19.8 Å². The summed E-state index contributed by atoms with van der Waals surface area (Å²) in [6.07, 6.45) is -0.0112. The molecule has 8 nitrogen and oxygen atoms in total. The van der Waals surface area contributed by atoms with Crippen LogP contribution in [-0.4, -0.2) is 12.7 Å². The van der Waals surface area contributed by atoms with Crippen molar-refractivity contribution in [3.8, 4) is 0 Å². The minimum atomic E-state index is -4.68. The maximum absolute atomic E-state index is 10.2. The zero-order valence-electron chi connectivity index (χ0n) is 8.43. The van der Waals surface area contributed by atoms with E-state index in [9.17, 15) is 28.0 Å². The Balaban J connectivity index is 4.10. The molecule has 0 fully saturated rings. The van der Waals surface area contributed by atoms with Crippen molar-refractivity contribution >= 4 is 0 Å². The fraction of sp³-hybridized carbons (Fsp3) is 1.00. The minimum absolute atomic E-state index is 0.0933. The third-order valence-corrected chi connectivity index (χ3v) is 2.36. The molecule has 1 unspecified atom stereocenters. The second-order valence-electron chi connectivity index (χ2n) is 2.89. The Morgan fingerprint density at radius 2 is 1.56 bits per heavy atom. The van der Waals surface area contributed by atoms with E-state index in [0.29, 0.717) is 12.8 Å². The van der Waals surface area contributed by atoms with Gasteiger partial charge in [-0.25, -0.2) is 0 Å². The van der Waals surface area contributed by atoms with E-state index in [1.54, 1.807) is 6.92 Å². The highest BCUT2D eigenvalue weighted by Gasteiger charge is 2.34. The highest BCUT2D eigenvalue weighted by Crippen LogP contribution is 2.10. The molecule has 16 heavy (non-hydrogen) atoms. The van der Waals surface area contributed by atoms with Crippen LogP contribution in [0.2, 0.25) is 0 Å². The molecule has 98 valence electrons. The van der Waals surface area contributed by atoms with E-state index in [4.69, 9.17) is 0 Å². The maximum Gasteiger partial charge on any atom is 0.253 e. The van der Waals surface area contributed by atoms with Gasteiger partial charge in [0.15, 0.2) is 0 Å². The van der Waals surface area contributed by atoms with Crippen LogP contribution in [0.4, 0.5) is 0 Å². The standard InChI is InChI=1S/C6H12Cl2O8/c1-2-3-4-6(16-8(12,13)14)5-15-7(9,10)11/h6H,2-5H2,1H3. The molecular weight excluding hydrogens is 271 g/mol. The van der Waals surface area contributed by atoms with E-state index < -0.39 is 33.2 Å². The van der Waals surface area contributed by atoms with Crippen LogP contribution in [0, 0.1) is 20.5 Å². The summed E-state index contributed by atoms with van der Waals surface area (Å²) in [4.78, 5) is 0. The van der Waals surface area contributed by atoms with Crippen molar-refractivity contribution in [1.82, 2.24) is 0 Å². The molecule has 0 saturated heterocycles. The second kappa shape index (κ2) is 6.87. The highest BCUT2D eigenvalue weighted by molar-refractivity contribution is 4.52. The molecule has 0 rings (SSSR count). The summed E-state index contributed by atoms with van der Waals surface area (Å²) in [6.45, 7) is 0.992. The molecule has 0 aromatic carbocycles. The number of rotatable bonds is 8. The molecule has 0 aliphatic carbocycles. The van der Waals surface area contributed by atoms with Crippen LogP contribution in [-0.2, 0) is 8.58 Å². The number of hydrogen-bond acceptors (Lipinski definition) is 8. The molecular formula is C6H12Cl2O8. The molecule has 0 saturated carbocycles. The van der Waals surface area contributed by atoms with Crippen molar-refractivity contribution in [2.24, 2.45) is 0 Å². The average Bonchev–Trinajstić information content (AvgIpc) is 2.06. The van der Waals surface area contributed by atoms with Crippen molar-refractivity contribution in [2.75, 3.05) is 6.61 Å².